The summed E-state index contributed by atoms with van der Waals surface area (Å²) in [5.41, 5.74) is 5.50. The van der Waals surface area contributed by atoms with E-state index < -0.39 is 0 Å². The molecule has 24 heavy (non-hydrogen) atoms. The monoisotopic (exact) mass is 302 g/mol. The molecule has 0 heteroatoms. The van der Waals surface area contributed by atoms with Crippen LogP contribution >= 0.6 is 0 Å². The average molecular weight is 302 g/mol. The number of rotatable bonds is 0. The Morgan fingerprint density at radius 2 is 1.12 bits per heavy atom. The van der Waals surface area contributed by atoms with Gasteiger partial charge < -0.3 is 0 Å². The molecule has 110 valence electrons. The van der Waals surface area contributed by atoms with Crippen molar-refractivity contribution in [3.63, 3.8) is 0 Å². The van der Waals surface area contributed by atoms with E-state index in [2.05, 4.69) is 84.9 Å². The Morgan fingerprint density at radius 3 is 1.96 bits per heavy atom. The van der Waals surface area contributed by atoms with Gasteiger partial charge in [0.25, 0.3) is 0 Å². The van der Waals surface area contributed by atoms with E-state index in [0.717, 1.165) is 0 Å². The number of hydrogen-bond donors (Lipinski definition) is 0. The third-order valence-electron chi connectivity index (χ3n) is 5.35. The van der Waals surface area contributed by atoms with Crippen LogP contribution < -0.4 is 0 Å². The van der Waals surface area contributed by atoms with Crippen LogP contribution in [0.5, 0.6) is 0 Å². The maximum absolute atomic E-state index is 2.36. The normalized spacial score (nSPS) is 12.2. The fourth-order valence-electron chi connectivity index (χ4n) is 4.30. The molecule has 0 N–H and O–H groups in total. The zero-order valence-electron chi connectivity index (χ0n) is 13.1. The van der Waals surface area contributed by atoms with Crippen molar-refractivity contribution >= 4 is 32.3 Å². The Morgan fingerprint density at radius 1 is 0.417 bits per heavy atom. The predicted octanol–water partition coefficient (Wildman–Crippen LogP) is 6.79. The molecule has 1 aliphatic rings. The molecule has 0 atom stereocenters. The Kier molecular flexibility index (Phi) is 2.18. The average Bonchev–Trinajstić information content (AvgIpc) is 2.97. The van der Waals surface area contributed by atoms with E-state index >= 15 is 0 Å². The number of hydrogen-bond acceptors (Lipinski definition) is 0. The van der Waals surface area contributed by atoms with Crippen molar-refractivity contribution in [2.75, 3.05) is 0 Å². The number of benzene rings is 5. The summed E-state index contributed by atoms with van der Waals surface area (Å²) in [6.45, 7) is 0. The van der Waals surface area contributed by atoms with Crippen LogP contribution in [-0.2, 0) is 0 Å². The van der Waals surface area contributed by atoms with Crippen molar-refractivity contribution in [2.24, 2.45) is 0 Å². The maximum Gasteiger partial charge on any atom is -0.00199 e. The lowest BCUT2D eigenvalue weighted by Gasteiger charge is -2.09. The van der Waals surface area contributed by atoms with Gasteiger partial charge in [0.1, 0.15) is 0 Å². The standard InChI is InChI=1S/C24H14/c1-2-6-17-14-22-18(13-16(17)5-1)11-12-20-19-9-3-7-15-8-4-10-21(23(15)19)24(20)22/h1-14H. The summed E-state index contributed by atoms with van der Waals surface area (Å²) in [4.78, 5) is 0. The van der Waals surface area contributed by atoms with Gasteiger partial charge in [-0.3, -0.25) is 0 Å². The van der Waals surface area contributed by atoms with Crippen LogP contribution in [0.2, 0.25) is 0 Å². The SMILES string of the molecule is c1ccc2cc3c4c(ccc3cc2c1)-c1cccc2cccc-4c12. The van der Waals surface area contributed by atoms with Crippen molar-refractivity contribution in [3.8, 4) is 22.3 Å². The fraction of sp³-hybridized carbons (Fsp3) is 0. The van der Waals surface area contributed by atoms with Crippen LogP contribution in [-0.4, -0.2) is 0 Å². The first-order valence-corrected chi connectivity index (χ1v) is 8.38. The van der Waals surface area contributed by atoms with Crippen LogP contribution in [0.3, 0.4) is 0 Å². The van der Waals surface area contributed by atoms with E-state index in [-0.39, 0.29) is 0 Å². The van der Waals surface area contributed by atoms with Gasteiger partial charge in [-0.1, -0.05) is 72.8 Å². The summed E-state index contributed by atoms with van der Waals surface area (Å²) in [6, 6.07) is 31.2. The second-order valence-corrected chi connectivity index (χ2v) is 6.62. The smallest absolute Gasteiger partial charge is 0.00199 e. The molecular weight excluding hydrogens is 288 g/mol. The molecule has 5 aromatic carbocycles. The van der Waals surface area contributed by atoms with Gasteiger partial charge in [-0.05, 0) is 66.7 Å². The molecule has 6 rings (SSSR count). The lowest BCUT2D eigenvalue weighted by molar-refractivity contribution is 1.74. The molecule has 1 aliphatic carbocycles. The van der Waals surface area contributed by atoms with Gasteiger partial charge in [-0.15, -0.1) is 0 Å². The Hall–Kier alpha value is -3.12. The molecule has 0 saturated heterocycles. The van der Waals surface area contributed by atoms with Crippen molar-refractivity contribution in [3.05, 3.63) is 84.9 Å². The summed E-state index contributed by atoms with van der Waals surface area (Å²) < 4.78 is 0. The molecule has 0 fully saturated rings. The van der Waals surface area contributed by atoms with Gasteiger partial charge in [0, 0.05) is 0 Å². The minimum Gasteiger partial charge on any atom is -0.0616 e. The lowest BCUT2D eigenvalue weighted by Crippen LogP contribution is -1.82. The highest BCUT2D eigenvalue weighted by Crippen LogP contribution is 2.50. The minimum atomic E-state index is 1.30. The molecule has 0 radical (unpaired) electrons. The van der Waals surface area contributed by atoms with Gasteiger partial charge in [-0.25, -0.2) is 0 Å². The predicted molar refractivity (Wildman–Crippen MR) is 103 cm³/mol. The Balaban J connectivity index is 1.85. The van der Waals surface area contributed by atoms with E-state index in [1.807, 2.05) is 0 Å². The highest BCUT2D eigenvalue weighted by atomic mass is 14.3. The van der Waals surface area contributed by atoms with Crippen molar-refractivity contribution < 1.29 is 0 Å². The molecule has 0 unspecified atom stereocenters. The van der Waals surface area contributed by atoms with Gasteiger partial charge in [0.05, 0.1) is 0 Å². The second-order valence-electron chi connectivity index (χ2n) is 6.62. The quantitative estimate of drug-likeness (QED) is 0.271. The minimum absolute atomic E-state index is 1.30. The zero-order chi connectivity index (χ0) is 15.7. The van der Waals surface area contributed by atoms with Crippen LogP contribution in [0.4, 0.5) is 0 Å². The summed E-state index contributed by atoms with van der Waals surface area (Å²) in [5, 5.41) is 8.01. The van der Waals surface area contributed by atoms with Crippen LogP contribution in [0.25, 0.3) is 54.6 Å². The van der Waals surface area contributed by atoms with Crippen LogP contribution in [0.15, 0.2) is 84.9 Å². The number of fused-ring (bicyclic) bond motifs is 6. The van der Waals surface area contributed by atoms with Crippen molar-refractivity contribution in [2.45, 2.75) is 0 Å². The summed E-state index contributed by atoms with van der Waals surface area (Å²) >= 11 is 0. The van der Waals surface area contributed by atoms with Gasteiger partial charge >= 0.3 is 0 Å². The third kappa shape index (κ3) is 1.43. The van der Waals surface area contributed by atoms with Crippen LogP contribution in [0.1, 0.15) is 0 Å². The van der Waals surface area contributed by atoms with E-state index in [1.54, 1.807) is 0 Å². The molecule has 0 bridgehead atoms. The van der Waals surface area contributed by atoms with E-state index in [9.17, 15) is 0 Å². The van der Waals surface area contributed by atoms with Gasteiger partial charge in [0.15, 0.2) is 0 Å². The molecule has 0 heterocycles. The molecule has 0 amide bonds. The molecule has 0 saturated carbocycles. The van der Waals surface area contributed by atoms with Gasteiger partial charge in [-0.2, -0.15) is 0 Å². The highest BCUT2D eigenvalue weighted by molar-refractivity contribution is 6.22. The van der Waals surface area contributed by atoms with Gasteiger partial charge in [0.2, 0.25) is 0 Å². The summed E-state index contributed by atoms with van der Waals surface area (Å²) in [7, 11) is 0. The summed E-state index contributed by atoms with van der Waals surface area (Å²) in [5.74, 6) is 0. The van der Waals surface area contributed by atoms with Crippen LogP contribution in [0, 0.1) is 0 Å². The molecule has 0 spiro atoms. The molecule has 0 aliphatic heterocycles. The highest BCUT2D eigenvalue weighted by Gasteiger charge is 2.22. The molecule has 5 aromatic rings. The van der Waals surface area contributed by atoms with E-state index in [0.29, 0.717) is 0 Å². The van der Waals surface area contributed by atoms with E-state index in [4.69, 9.17) is 0 Å². The first-order valence-electron chi connectivity index (χ1n) is 8.38. The fourth-order valence-corrected chi connectivity index (χ4v) is 4.30. The topological polar surface area (TPSA) is 0 Å². The first kappa shape index (κ1) is 12.3. The first-order chi connectivity index (χ1) is 11.9. The molecule has 0 aromatic heterocycles. The molecular formula is C24H14. The van der Waals surface area contributed by atoms with Crippen molar-refractivity contribution in [1.82, 2.24) is 0 Å². The third-order valence-corrected chi connectivity index (χ3v) is 5.35. The lowest BCUT2D eigenvalue weighted by atomic mass is 9.94. The Bertz CT molecular complexity index is 1290. The molecule has 0 nitrogen and oxygen atoms in total. The van der Waals surface area contributed by atoms with Crippen molar-refractivity contribution in [1.29, 1.82) is 0 Å². The van der Waals surface area contributed by atoms with E-state index in [1.165, 1.54) is 54.6 Å². The zero-order valence-corrected chi connectivity index (χ0v) is 13.1. The largest absolute Gasteiger partial charge is 0.0616 e. The second kappa shape index (κ2) is 4.24. The summed E-state index contributed by atoms with van der Waals surface area (Å²) in [6.07, 6.45) is 0. The Labute approximate surface area is 140 Å². The maximum atomic E-state index is 2.36.